The first kappa shape index (κ1) is 33.5. The van der Waals surface area contributed by atoms with Gasteiger partial charge in [0.05, 0.1) is 6.04 Å². The molecule has 4 unspecified atom stereocenters. The molecule has 1 rings (SSSR count). The summed E-state index contributed by atoms with van der Waals surface area (Å²) in [7, 11) is 0. The van der Waals surface area contributed by atoms with Crippen LogP contribution in [0.4, 0.5) is 0 Å². The quantitative estimate of drug-likeness (QED) is 0.0667. The van der Waals surface area contributed by atoms with Crippen molar-refractivity contribution in [3.05, 3.63) is 29.8 Å². The number of phenols is 1. The Hall–Kier alpha value is -3.52. The van der Waals surface area contributed by atoms with Crippen molar-refractivity contribution in [2.45, 2.75) is 63.7 Å². The van der Waals surface area contributed by atoms with E-state index in [1.165, 1.54) is 23.9 Å². The summed E-state index contributed by atoms with van der Waals surface area (Å²) in [4.78, 5) is 54.6. The van der Waals surface area contributed by atoms with E-state index in [4.69, 9.17) is 17.2 Å². The monoisotopic (exact) mass is 567 g/mol. The Bertz CT molecular complexity index is 986. The molecule has 0 aromatic heterocycles. The van der Waals surface area contributed by atoms with Crippen molar-refractivity contribution in [1.29, 1.82) is 0 Å². The summed E-state index contributed by atoms with van der Waals surface area (Å²) >= 11 is 1.45. The van der Waals surface area contributed by atoms with Crippen molar-refractivity contribution in [2.24, 2.45) is 28.1 Å². The minimum Gasteiger partial charge on any atom is -0.508 e. The molecule has 1 aromatic carbocycles. The average Bonchev–Trinajstić information content (AvgIpc) is 2.87. The molecule has 0 heterocycles. The lowest BCUT2D eigenvalue weighted by Gasteiger charge is -2.27. The predicted molar refractivity (Wildman–Crippen MR) is 151 cm³/mol. The van der Waals surface area contributed by atoms with Crippen LogP contribution < -0.4 is 33.2 Å². The number of hydrogen-bond donors (Lipinski definition) is 8. The van der Waals surface area contributed by atoms with E-state index in [0.29, 0.717) is 24.3 Å². The molecule has 0 bridgehead atoms. The van der Waals surface area contributed by atoms with Gasteiger partial charge in [-0.25, -0.2) is 4.79 Å². The molecule has 0 saturated heterocycles. The number of amides is 3. The van der Waals surface area contributed by atoms with Crippen LogP contribution in [0, 0.1) is 5.92 Å². The first-order valence-electron chi connectivity index (χ1n) is 12.6. The van der Waals surface area contributed by atoms with Crippen LogP contribution in [-0.4, -0.2) is 82.6 Å². The van der Waals surface area contributed by atoms with Gasteiger partial charge in [0.15, 0.2) is 5.96 Å². The van der Waals surface area contributed by atoms with Gasteiger partial charge in [-0.3, -0.25) is 19.4 Å². The maximum absolute atomic E-state index is 13.4. The summed E-state index contributed by atoms with van der Waals surface area (Å²) in [5.74, 6) is -2.91. The Morgan fingerprint density at radius 2 is 1.56 bits per heavy atom. The van der Waals surface area contributed by atoms with Gasteiger partial charge in [0.2, 0.25) is 17.7 Å². The van der Waals surface area contributed by atoms with Crippen LogP contribution in [0.3, 0.4) is 0 Å². The fourth-order valence-corrected chi connectivity index (χ4v) is 4.02. The summed E-state index contributed by atoms with van der Waals surface area (Å²) in [6, 6.07) is 1.91. The number of nitrogens with one attached hydrogen (secondary N) is 3. The number of phenolic OH excluding ortho intramolecular Hbond substituents is 1. The van der Waals surface area contributed by atoms with E-state index in [2.05, 4.69) is 20.9 Å². The second-order valence-electron chi connectivity index (χ2n) is 9.40. The molecule has 0 aliphatic carbocycles. The standard InChI is InChI=1S/C25H41N7O6S/c1-14(2)20(23(36)30-18(24(37)38)10-12-39-3)32-22(35)19(13-15-6-8-16(33)9-7-15)31-21(34)17(26)5-4-11-29-25(27)28/h6-9,14,17-20,33H,4-5,10-13,26H2,1-3H3,(H,30,36)(H,31,34)(H,32,35)(H,37,38)(H4,27,28,29). The summed E-state index contributed by atoms with van der Waals surface area (Å²) in [5.41, 5.74) is 17.2. The number of aliphatic carboxylic acids is 1. The van der Waals surface area contributed by atoms with Crippen LogP contribution in [0.25, 0.3) is 0 Å². The Balaban J connectivity index is 3.04. The van der Waals surface area contributed by atoms with Gasteiger partial charge in [0.25, 0.3) is 0 Å². The number of guanidine groups is 1. The maximum atomic E-state index is 13.4. The van der Waals surface area contributed by atoms with Crippen LogP contribution >= 0.6 is 11.8 Å². The van der Waals surface area contributed by atoms with Crippen molar-refractivity contribution in [3.63, 3.8) is 0 Å². The van der Waals surface area contributed by atoms with Crippen LogP contribution in [0.15, 0.2) is 29.3 Å². The minimum absolute atomic E-state index is 0.0394. The first-order chi connectivity index (χ1) is 18.3. The Morgan fingerprint density at radius 1 is 0.949 bits per heavy atom. The van der Waals surface area contributed by atoms with Crippen LogP contribution in [0.2, 0.25) is 0 Å². The molecule has 3 amide bonds. The zero-order chi connectivity index (χ0) is 29.5. The smallest absolute Gasteiger partial charge is 0.326 e. The number of benzene rings is 1. The molecule has 39 heavy (non-hydrogen) atoms. The van der Waals surface area contributed by atoms with Crippen molar-refractivity contribution in [1.82, 2.24) is 16.0 Å². The van der Waals surface area contributed by atoms with E-state index in [0.717, 1.165) is 0 Å². The number of rotatable bonds is 17. The van der Waals surface area contributed by atoms with Gasteiger partial charge in [0, 0.05) is 13.0 Å². The molecule has 11 N–H and O–H groups in total. The molecule has 0 spiro atoms. The van der Waals surface area contributed by atoms with E-state index in [1.807, 2.05) is 6.26 Å². The molecule has 0 aliphatic heterocycles. The Morgan fingerprint density at radius 3 is 2.10 bits per heavy atom. The lowest BCUT2D eigenvalue weighted by atomic mass is 10.00. The van der Waals surface area contributed by atoms with Gasteiger partial charge >= 0.3 is 5.97 Å². The third-order valence-corrected chi connectivity index (χ3v) is 6.43. The minimum atomic E-state index is -1.17. The maximum Gasteiger partial charge on any atom is 0.326 e. The highest BCUT2D eigenvalue weighted by Gasteiger charge is 2.32. The predicted octanol–water partition coefficient (Wildman–Crippen LogP) is -0.736. The fourth-order valence-electron chi connectivity index (χ4n) is 3.55. The lowest BCUT2D eigenvalue weighted by molar-refractivity contribution is -0.142. The van der Waals surface area contributed by atoms with Crippen LogP contribution in [0.1, 0.15) is 38.7 Å². The average molecular weight is 568 g/mol. The first-order valence-corrected chi connectivity index (χ1v) is 14.0. The van der Waals surface area contributed by atoms with E-state index in [1.54, 1.807) is 26.0 Å². The van der Waals surface area contributed by atoms with Crippen LogP contribution in [-0.2, 0) is 25.6 Å². The number of aliphatic imine (C=N–C) groups is 1. The third kappa shape index (κ3) is 12.7. The van der Waals surface area contributed by atoms with E-state index >= 15 is 0 Å². The topological polar surface area (TPSA) is 235 Å². The lowest BCUT2D eigenvalue weighted by Crippen LogP contribution is -2.59. The fraction of sp³-hybridized carbons (Fsp3) is 0.560. The molecule has 13 nitrogen and oxygen atoms in total. The molecular weight excluding hydrogens is 526 g/mol. The SMILES string of the molecule is CSCCC(NC(=O)C(NC(=O)C(Cc1ccc(O)cc1)NC(=O)C(N)CCCN=C(N)N)C(C)C)C(=O)O. The normalized spacial score (nSPS) is 14.0. The number of hydrogen-bond acceptors (Lipinski definition) is 8. The Kier molecular flexibility index (Phi) is 14.7. The van der Waals surface area contributed by atoms with Gasteiger partial charge in [-0.1, -0.05) is 26.0 Å². The van der Waals surface area contributed by atoms with E-state index in [9.17, 15) is 29.4 Å². The molecule has 218 valence electrons. The molecule has 0 saturated carbocycles. The molecule has 0 radical (unpaired) electrons. The molecule has 14 heteroatoms. The zero-order valence-corrected chi connectivity index (χ0v) is 23.4. The Labute approximate surface area is 232 Å². The van der Waals surface area contributed by atoms with E-state index in [-0.39, 0.29) is 36.9 Å². The highest BCUT2D eigenvalue weighted by atomic mass is 32.2. The molecular formula is C25H41N7O6S. The van der Waals surface area contributed by atoms with Crippen molar-refractivity contribution in [3.8, 4) is 5.75 Å². The molecule has 1 aromatic rings. The summed E-state index contributed by atoms with van der Waals surface area (Å²) < 4.78 is 0. The van der Waals surface area contributed by atoms with Gasteiger partial charge in [-0.05, 0) is 54.9 Å². The number of nitrogens with two attached hydrogens (primary N) is 3. The number of nitrogens with zero attached hydrogens (tertiary/aromatic N) is 1. The van der Waals surface area contributed by atoms with Crippen LogP contribution in [0.5, 0.6) is 5.75 Å². The van der Waals surface area contributed by atoms with Gasteiger partial charge < -0.3 is 43.4 Å². The summed E-state index contributed by atoms with van der Waals surface area (Å²) in [6.45, 7) is 3.71. The summed E-state index contributed by atoms with van der Waals surface area (Å²) in [6.07, 6.45) is 2.81. The van der Waals surface area contributed by atoms with Crippen molar-refractivity contribution < 1.29 is 29.4 Å². The largest absolute Gasteiger partial charge is 0.508 e. The number of carbonyl (C=O) groups excluding carboxylic acids is 3. The second kappa shape index (κ2) is 17.1. The number of carboxylic acid groups (broad SMARTS) is 1. The van der Waals surface area contributed by atoms with Crippen molar-refractivity contribution in [2.75, 3.05) is 18.6 Å². The third-order valence-electron chi connectivity index (χ3n) is 5.79. The molecule has 4 atom stereocenters. The number of carboxylic acids is 1. The number of thioether (sulfide) groups is 1. The zero-order valence-electron chi connectivity index (χ0n) is 22.6. The number of carbonyl (C=O) groups is 4. The van der Waals surface area contributed by atoms with E-state index < -0.39 is 47.9 Å². The highest BCUT2D eigenvalue weighted by Crippen LogP contribution is 2.13. The second-order valence-corrected chi connectivity index (χ2v) is 10.4. The molecule has 0 aliphatic rings. The highest BCUT2D eigenvalue weighted by molar-refractivity contribution is 7.98. The number of aromatic hydroxyl groups is 1. The summed E-state index contributed by atoms with van der Waals surface area (Å²) in [5, 5.41) is 26.9. The van der Waals surface area contributed by atoms with Gasteiger partial charge in [-0.15, -0.1) is 0 Å². The van der Waals surface area contributed by atoms with Gasteiger partial charge in [-0.2, -0.15) is 11.8 Å². The van der Waals surface area contributed by atoms with Crippen molar-refractivity contribution >= 4 is 41.4 Å². The molecule has 0 fully saturated rings. The van der Waals surface area contributed by atoms with Gasteiger partial charge in [0.1, 0.15) is 23.9 Å².